The summed E-state index contributed by atoms with van der Waals surface area (Å²) < 4.78 is 13.0. The van der Waals surface area contributed by atoms with Crippen LogP contribution in [0.25, 0.3) is 10.9 Å². The summed E-state index contributed by atoms with van der Waals surface area (Å²) in [5.74, 6) is 0.842. The van der Waals surface area contributed by atoms with Crippen molar-refractivity contribution in [3.05, 3.63) is 30.5 Å². The Kier molecular flexibility index (Phi) is 4.63. The second-order valence-electron chi connectivity index (χ2n) is 5.57. The number of carbonyl (C=O) groups excluding carboxylic acids is 1. The van der Waals surface area contributed by atoms with Crippen LogP contribution in [0.15, 0.2) is 30.5 Å². The zero-order valence-corrected chi connectivity index (χ0v) is 13.0. The number of amides is 1. The maximum absolute atomic E-state index is 12.1. The summed E-state index contributed by atoms with van der Waals surface area (Å²) in [5, 5.41) is 1.04. The molecule has 0 saturated carbocycles. The molecule has 0 aliphatic carbocycles. The highest BCUT2D eigenvalue weighted by molar-refractivity contribution is 5.87. The summed E-state index contributed by atoms with van der Waals surface area (Å²) in [7, 11) is 1.70. The molecular weight excluding hydrogens is 280 g/mol. The van der Waals surface area contributed by atoms with Gasteiger partial charge in [-0.15, -0.1) is 0 Å². The maximum atomic E-state index is 12.1. The minimum atomic E-state index is 0.0771. The van der Waals surface area contributed by atoms with Crippen LogP contribution in [0.1, 0.15) is 12.8 Å². The van der Waals surface area contributed by atoms with Crippen molar-refractivity contribution >= 4 is 16.8 Å². The Balaban J connectivity index is 1.70. The Morgan fingerprint density at radius 1 is 1.23 bits per heavy atom. The Bertz CT molecular complexity index is 644. The van der Waals surface area contributed by atoms with E-state index in [-0.39, 0.29) is 12.5 Å². The molecule has 0 radical (unpaired) electrons. The summed E-state index contributed by atoms with van der Waals surface area (Å²) in [5.41, 5.74) is 1.10. The predicted molar refractivity (Wildman–Crippen MR) is 85.1 cm³/mol. The van der Waals surface area contributed by atoms with Gasteiger partial charge in [0.15, 0.2) is 6.61 Å². The van der Waals surface area contributed by atoms with Gasteiger partial charge in [0.1, 0.15) is 5.75 Å². The number of benzene rings is 1. The second kappa shape index (κ2) is 6.83. The number of methoxy groups -OCH3 is 1. The number of rotatable bonds is 6. The van der Waals surface area contributed by atoms with E-state index in [0.717, 1.165) is 49.1 Å². The monoisotopic (exact) mass is 302 g/mol. The normalized spacial score (nSPS) is 14.7. The fourth-order valence-corrected chi connectivity index (χ4v) is 2.90. The van der Waals surface area contributed by atoms with Gasteiger partial charge in [0.05, 0.1) is 12.1 Å². The zero-order valence-electron chi connectivity index (χ0n) is 13.0. The first-order valence-corrected chi connectivity index (χ1v) is 7.77. The van der Waals surface area contributed by atoms with Gasteiger partial charge < -0.3 is 18.9 Å². The van der Waals surface area contributed by atoms with Gasteiger partial charge in [-0.1, -0.05) is 6.07 Å². The molecule has 0 atom stereocenters. The van der Waals surface area contributed by atoms with Crippen molar-refractivity contribution < 1.29 is 14.3 Å². The number of aromatic nitrogens is 1. The molecule has 0 spiro atoms. The van der Waals surface area contributed by atoms with Crippen molar-refractivity contribution in [1.82, 2.24) is 9.47 Å². The number of likely N-dealkylation sites (tertiary alicyclic amines) is 1. The number of ether oxygens (including phenoxy) is 2. The molecule has 118 valence electrons. The van der Waals surface area contributed by atoms with E-state index in [1.807, 2.05) is 29.3 Å². The highest BCUT2D eigenvalue weighted by Gasteiger charge is 2.18. The van der Waals surface area contributed by atoms with Crippen molar-refractivity contribution in [3.63, 3.8) is 0 Å². The van der Waals surface area contributed by atoms with Gasteiger partial charge in [-0.25, -0.2) is 0 Å². The third-order valence-electron chi connectivity index (χ3n) is 4.12. The molecule has 0 unspecified atom stereocenters. The number of nitrogens with zero attached hydrogens (tertiary/aromatic N) is 2. The average molecular weight is 302 g/mol. The van der Waals surface area contributed by atoms with Crippen LogP contribution in [-0.4, -0.2) is 48.8 Å². The molecule has 0 bridgehead atoms. The van der Waals surface area contributed by atoms with Crippen LogP contribution >= 0.6 is 0 Å². The van der Waals surface area contributed by atoms with Crippen LogP contribution in [0.3, 0.4) is 0 Å². The third-order valence-corrected chi connectivity index (χ3v) is 4.12. The first kappa shape index (κ1) is 14.9. The number of hydrogen-bond acceptors (Lipinski definition) is 3. The van der Waals surface area contributed by atoms with E-state index in [0.29, 0.717) is 6.61 Å². The largest absolute Gasteiger partial charge is 0.483 e. The molecule has 3 rings (SSSR count). The zero-order chi connectivity index (χ0) is 15.4. The molecule has 0 N–H and O–H groups in total. The lowest BCUT2D eigenvalue weighted by atomic mass is 10.2. The third kappa shape index (κ3) is 3.09. The SMILES string of the molecule is COCCn1ccc2c(OCC(=O)N3CCCC3)cccc21. The molecular formula is C17H22N2O3. The quantitative estimate of drug-likeness (QED) is 0.822. The summed E-state index contributed by atoms with van der Waals surface area (Å²) >= 11 is 0. The highest BCUT2D eigenvalue weighted by Crippen LogP contribution is 2.26. The second-order valence-corrected chi connectivity index (χ2v) is 5.57. The van der Waals surface area contributed by atoms with Gasteiger partial charge in [0.25, 0.3) is 5.91 Å². The van der Waals surface area contributed by atoms with E-state index < -0.39 is 0 Å². The fraction of sp³-hybridized carbons (Fsp3) is 0.471. The van der Waals surface area contributed by atoms with E-state index >= 15 is 0 Å². The molecule has 1 aliphatic heterocycles. The van der Waals surface area contributed by atoms with Crippen molar-refractivity contribution in [2.24, 2.45) is 0 Å². The molecule has 2 aromatic rings. The highest BCUT2D eigenvalue weighted by atomic mass is 16.5. The van der Waals surface area contributed by atoms with Crippen molar-refractivity contribution in [3.8, 4) is 5.75 Å². The Hall–Kier alpha value is -2.01. The topological polar surface area (TPSA) is 43.7 Å². The van der Waals surface area contributed by atoms with Crippen molar-refractivity contribution in [2.45, 2.75) is 19.4 Å². The van der Waals surface area contributed by atoms with Crippen LogP contribution in [0, 0.1) is 0 Å². The lowest BCUT2D eigenvalue weighted by Crippen LogP contribution is -2.32. The van der Waals surface area contributed by atoms with Crippen LogP contribution < -0.4 is 4.74 Å². The standard InChI is InChI=1S/C17H22N2O3/c1-21-12-11-18-10-7-14-15(18)5-4-6-16(14)22-13-17(20)19-8-2-3-9-19/h4-7,10H,2-3,8-9,11-13H2,1H3. The summed E-state index contributed by atoms with van der Waals surface area (Å²) in [6.07, 6.45) is 4.23. The molecule has 5 nitrogen and oxygen atoms in total. The van der Waals surface area contributed by atoms with Gasteiger partial charge in [-0.2, -0.15) is 0 Å². The van der Waals surface area contributed by atoms with E-state index in [1.54, 1.807) is 7.11 Å². The summed E-state index contributed by atoms with van der Waals surface area (Å²) in [4.78, 5) is 14.0. The Labute approximate surface area is 130 Å². The minimum Gasteiger partial charge on any atom is -0.483 e. The molecule has 1 saturated heterocycles. The molecule has 1 aliphatic rings. The molecule has 5 heteroatoms. The summed E-state index contributed by atoms with van der Waals surface area (Å²) in [6, 6.07) is 7.96. The maximum Gasteiger partial charge on any atom is 0.260 e. The van der Waals surface area contributed by atoms with E-state index in [1.165, 1.54) is 0 Å². The van der Waals surface area contributed by atoms with E-state index in [2.05, 4.69) is 10.6 Å². The molecule has 1 aromatic carbocycles. The van der Waals surface area contributed by atoms with Crippen LogP contribution in [0.5, 0.6) is 5.75 Å². The van der Waals surface area contributed by atoms with E-state index in [9.17, 15) is 4.79 Å². The Morgan fingerprint density at radius 3 is 2.82 bits per heavy atom. The minimum absolute atomic E-state index is 0.0771. The number of carbonyl (C=O) groups is 1. The number of fused-ring (bicyclic) bond motifs is 1. The number of hydrogen-bond donors (Lipinski definition) is 0. The van der Waals surface area contributed by atoms with Crippen molar-refractivity contribution in [1.29, 1.82) is 0 Å². The predicted octanol–water partition coefficient (Wildman–Crippen LogP) is 2.29. The lowest BCUT2D eigenvalue weighted by molar-refractivity contribution is -0.132. The summed E-state index contributed by atoms with van der Waals surface area (Å²) in [6.45, 7) is 3.31. The smallest absolute Gasteiger partial charge is 0.260 e. The van der Waals surface area contributed by atoms with Gasteiger partial charge in [-0.3, -0.25) is 4.79 Å². The van der Waals surface area contributed by atoms with Gasteiger partial charge in [0, 0.05) is 38.3 Å². The van der Waals surface area contributed by atoms with Gasteiger partial charge in [-0.05, 0) is 31.0 Å². The molecule has 1 amide bonds. The van der Waals surface area contributed by atoms with Crippen LogP contribution in [0.2, 0.25) is 0 Å². The lowest BCUT2D eigenvalue weighted by Gasteiger charge is -2.16. The average Bonchev–Trinajstić information content (AvgIpc) is 3.20. The van der Waals surface area contributed by atoms with E-state index in [4.69, 9.17) is 9.47 Å². The van der Waals surface area contributed by atoms with Gasteiger partial charge in [0.2, 0.25) is 0 Å². The fourth-order valence-electron chi connectivity index (χ4n) is 2.90. The first-order valence-electron chi connectivity index (χ1n) is 7.77. The molecule has 1 fully saturated rings. The van der Waals surface area contributed by atoms with Crippen molar-refractivity contribution in [2.75, 3.05) is 33.4 Å². The molecule has 22 heavy (non-hydrogen) atoms. The van der Waals surface area contributed by atoms with Gasteiger partial charge >= 0.3 is 0 Å². The first-order chi connectivity index (χ1) is 10.8. The Morgan fingerprint density at radius 2 is 2.05 bits per heavy atom. The molecule has 1 aromatic heterocycles. The molecule has 2 heterocycles. The van der Waals surface area contributed by atoms with Crippen LogP contribution in [-0.2, 0) is 16.1 Å². The van der Waals surface area contributed by atoms with Crippen LogP contribution in [0.4, 0.5) is 0 Å².